The molecule has 4 heterocycles. The average Bonchev–Trinajstić information content (AvgIpc) is 3.16. The Morgan fingerprint density at radius 1 is 1.07 bits per heavy atom. The van der Waals surface area contributed by atoms with Crippen LogP contribution in [0.3, 0.4) is 0 Å². The summed E-state index contributed by atoms with van der Waals surface area (Å²) < 4.78 is 37.4. The van der Waals surface area contributed by atoms with E-state index in [1.807, 2.05) is 25.1 Å². The third-order valence-corrected chi connectivity index (χ3v) is 4.10. The largest absolute Gasteiger partial charge is 0.471 e. The van der Waals surface area contributed by atoms with Gasteiger partial charge in [-0.15, -0.1) is 0 Å². The maximum absolute atomic E-state index is 12.5. The summed E-state index contributed by atoms with van der Waals surface area (Å²) in [6.45, 7) is 1.87. The van der Waals surface area contributed by atoms with Gasteiger partial charge < -0.3 is 5.32 Å². The number of anilines is 1. The van der Waals surface area contributed by atoms with Gasteiger partial charge in [-0.1, -0.05) is 6.07 Å². The SMILES string of the molecule is Cc1cccc(-c2n[nH]cc2-c2ccc3ncc(NC(=O)C(F)(F)F)cc3n2)n1. The summed E-state index contributed by atoms with van der Waals surface area (Å²) in [5.74, 6) is -2.07. The monoisotopic (exact) mass is 398 g/mol. The van der Waals surface area contributed by atoms with Crippen molar-refractivity contribution in [3.05, 3.63) is 54.5 Å². The molecule has 0 spiro atoms. The van der Waals surface area contributed by atoms with Crippen LogP contribution in [-0.4, -0.2) is 37.2 Å². The lowest BCUT2D eigenvalue weighted by molar-refractivity contribution is -0.167. The predicted octanol–water partition coefficient (Wildman–Crippen LogP) is 3.89. The molecule has 0 fully saturated rings. The minimum Gasteiger partial charge on any atom is -0.317 e. The highest BCUT2D eigenvalue weighted by atomic mass is 19.4. The zero-order valence-corrected chi connectivity index (χ0v) is 14.9. The minimum atomic E-state index is -4.99. The molecular weight excluding hydrogens is 385 g/mol. The Labute approximate surface area is 162 Å². The van der Waals surface area contributed by atoms with E-state index in [1.54, 1.807) is 23.6 Å². The summed E-state index contributed by atoms with van der Waals surface area (Å²) in [7, 11) is 0. The van der Waals surface area contributed by atoms with E-state index in [1.165, 1.54) is 6.07 Å². The molecule has 0 saturated heterocycles. The summed E-state index contributed by atoms with van der Waals surface area (Å²) in [5, 5.41) is 8.81. The van der Waals surface area contributed by atoms with Crippen LogP contribution < -0.4 is 5.32 Å². The van der Waals surface area contributed by atoms with Crippen molar-refractivity contribution < 1.29 is 18.0 Å². The first kappa shape index (κ1) is 18.5. The summed E-state index contributed by atoms with van der Waals surface area (Å²) in [6, 6.07) is 10.3. The number of nitrogens with one attached hydrogen (secondary N) is 2. The van der Waals surface area contributed by atoms with Gasteiger partial charge in [-0.2, -0.15) is 18.3 Å². The van der Waals surface area contributed by atoms with E-state index in [0.29, 0.717) is 33.7 Å². The van der Waals surface area contributed by atoms with E-state index in [4.69, 9.17) is 0 Å². The standard InChI is InChI=1S/C19H13F3N6O/c1-10-3-2-4-15(25-10)17-12(9-24-28-17)13-5-6-14-16(27-13)7-11(8-23-14)26-18(29)19(20,21)22/h2-9H,1H3,(H,24,28)(H,26,29). The van der Waals surface area contributed by atoms with Gasteiger partial charge in [0.25, 0.3) is 0 Å². The number of aryl methyl sites for hydroxylation is 1. The predicted molar refractivity (Wildman–Crippen MR) is 99.8 cm³/mol. The van der Waals surface area contributed by atoms with Crippen molar-refractivity contribution in [3.8, 4) is 22.6 Å². The van der Waals surface area contributed by atoms with Gasteiger partial charge in [0.2, 0.25) is 0 Å². The molecule has 4 aromatic rings. The molecule has 0 unspecified atom stereocenters. The Hall–Kier alpha value is -3.82. The van der Waals surface area contributed by atoms with Crippen molar-refractivity contribution in [2.45, 2.75) is 13.1 Å². The number of carbonyl (C=O) groups excluding carboxylic acids is 1. The number of fused-ring (bicyclic) bond motifs is 1. The van der Waals surface area contributed by atoms with Gasteiger partial charge in [-0.25, -0.2) is 4.98 Å². The van der Waals surface area contributed by atoms with Crippen LogP contribution in [0.1, 0.15) is 5.69 Å². The van der Waals surface area contributed by atoms with Gasteiger partial charge >= 0.3 is 12.1 Å². The second-order valence-corrected chi connectivity index (χ2v) is 6.22. The zero-order valence-electron chi connectivity index (χ0n) is 14.9. The van der Waals surface area contributed by atoms with E-state index in [9.17, 15) is 18.0 Å². The maximum Gasteiger partial charge on any atom is 0.471 e. The third kappa shape index (κ3) is 3.77. The lowest BCUT2D eigenvalue weighted by Gasteiger charge is -2.09. The number of aromatic nitrogens is 5. The molecule has 0 aliphatic rings. The number of pyridine rings is 3. The fourth-order valence-corrected chi connectivity index (χ4v) is 2.78. The second kappa shape index (κ2) is 6.97. The fourth-order valence-electron chi connectivity index (χ4n) is 2.78. The number of H-pyrrole nitrogens is 1. The second-order valence-electron chi connectivity index (χ2n) is 6.22. The molecule has 0 atom stereocenters. The Kier molecular flexibility index (Phi) is 4.45. The average molecular weight is 398 g/mol. The number of hydrogen-bond acceptors (Lipinski definition) is 5. The smallest absolute Gasteiger partial charge is 0.317 e. The summed E-state index contributed by atoms with van der Waals surface area (Å²) in [4.78, 5) is 24.1. The maximum atomic E-state index is 12.5. The molecule has 7 nitrogen and oxygen atoms in total. The van der Waals surface area contributed by atoms with Gasteiger partial charge in [-0.05, 0) is 37.3 Å². The number of hydrogen-bond donors (Lipinski definition) is 2. The Bertz CT molecular complexity index is 1220. The Balaban J connectivity index is 1.73. The van der Waals surface area contributed by atoms with Crippen LogP contribution >= 0.6 is 0 Å². The molecule has 0 aromatic carbocycles. The molecule has 1 amide bonds. The molecule has 0 bridgehead atoms. The molecule has 0 aliphatic heterocycles. The first-order valence-corrected chi connectivity index (χ1v) is 8.44. The van der Waals surface area contributed by atoms with Crippen molar-refractivity contribution >= 4 is 22.6 Å². The summed E-state index contributed by atoms with van der Waals surface area (Å²) >= 11 is 0. The van der Waals surface area contributed by atoms with Crippen LogP contribution in [0.5, 0.6) is 0 Å². The molecular formula is C19H13F3N6O. The van der Waals surface area contributed by atoms with Crippen molar-refractivity contribution in [2.24, 2.45) is 0 Å². The van der Waals surface area contributed by atoms with Gasteiger partial charge in [0.1, 0.15) is 5.69 Å². The topological polar surface area (TPSA) is 96.5 Å². The molecule has 4 aromatic heterocycles. The molecule has 4 rings (SSSR count). The lowest BCUT2D eigenvalue weighted by atomic mass is 10.1. The fraction of sp³-hybridized carbons (Fsp3) is 0.105. The number of amides is 1. The highest BCUT2D eigenvalue weighted by Gasteiger charge is 2.38. The molecule has 0 radical (unpaired) electrons. The molecule has 2 N–H and O–H groups in total. The van der Waals surface area contributed by atoms with E-state index >= 15 is 0 Å². The number of rotatable bonds is 3. The molecule has 0 aliphatic carbocycles. The molecule has 29 heavy (non-hydrogen) atoms. The van der Waals surface area contributed by atoms with Gasteiger partial charge in [0.05, 0.1) is 34.3 Å². The number of halogens is 3. The Morgan fingerprint density at radius 2 is 1.90 bits per heavy atom. The van der Waals surface area contributed by atoms with Crippen LogP contribution in [0.4, 0.5) is 18.9 Å². The number of alkyl halides is 3. The molecule has 146 valence electrons. The highest BCUT2D eigenvalue weighted by Crippen LogP contribution is 2.29. The lowest BCUT2D eigenvalue weighted by Crippen LogP contribution is -2.29. The van der Waals surface area contributed by atoms with Crippen molar-refractivity contribution in [3.63, 3.8) is 0 Å². The normalized spacial score (nSPS) is 11.6. The van der Waals surface area contributed by atoms with Crippen molar-refractivity contribution in [1.82, 2.24) is 25.1 Å². The number of carbonyl (C=O) groups is 1. The summed E-state index contributed by atoms with van der Waals surface area (Å²) in [6.07, 6.45) is -2.18. The first-order valence-electron chi connectivity index (χ1n) is 8.44. The van der Waals surface area contributed by atoms with Gasteiger partial charge in [0.15, 0.2) is 0 Å². The van der Waals surface area contributed by atoms with E-state index in [0.717, 1.165) is 11.9 Å². The number of aromatic amines is 1. The van der Waals surface area contributed by atoms with Gasteiger partial charge in [-0.3, -0.25) is 19.9 Å². The Morgan fingerprint density at radius 3 is 2.66 bits per heavy atom. The molecule has 10 heteroatoms. The third-order valence-electron chi connectivity index (χ3n) is 4.10. The zero-order chi connectivity index (χ0) is 20.6. The van der Waals surface area contributed by atoms with Crippen LogP contribution in [0.25, 0.3) is 33.7 Å². The molecule has 0 saturated carbocycles. The van der Waals surface area contributed by atoms with Crippen LogP contribution in [0.2, 0.25) is 0 Å². The van der Waals surface area contributed by atoms with E-state index in [2.05, 4.69) is 25.1 Å². The van der Waals surface area contributed by atoms with Gasteiger partial charge in [0, 0.05) is 17.5 Å². The van der Waals surface area contributed by atoms with Crippen molar-refractivity contribution in [1.29, 1.82) is 0 Å². The first-order chi connectivity index (χ1) is 13.8. The minimum absolute atomic E-state index is 0.0998. The highest BCUT2D eigenvalue weighted by molar-refractivity contribution is 5.96. The summed E-state index contributed by atoms with van der Waals surface area (Å²) in [5.41, 5.74) is 3.99. The van der Waals surface area contributed by atoms with E-state index < -0.39 is 12.1 Å². The van der Waals surface area contributed by atoms with Crippen LogP contribution in [-0.2, 0) is 4.79 Å². The number of nitrogens with zero attached hydrogens (tertiary/aromatic N) is 4. The van der Waals surface area contributed by atoms with Crippen LogP contribution in [0, 0.1) is 6.92 Å². The quantitative estimate of drug-likeness (QED) is 0.546. The van der Waals surface area contributed by atoms with E-state index in [-0.39, 0.29) is 5.69 Å². The van der Waals surface area contributed by atoms with Crippen LogP contribution in [0.15, 0.2) is 48.8 Å². The van der Waals surface area contributed by atoms with Crippen molar-refractivity contribution in [2.75, 3.05) is 5.32 Å².